The van der Waals surface area contributed by atoms with Crippen molar-refractivity contribution < 1.29 is 4.79 Å². The van der Waals surface area contributed by atoms with Crippen LogP contribution in [0, 0.1) is 3.57 Å². The molecule has 1 aromatic heterocycles. The van der Waals surface area contributed by atoms with E-state index in [1.165, 1.54) is 0 Å². The topological polar surface area (TPSA) is 78.9 Å². The minimum Gasteiger partial charge on any atom is -0.332 e. The Morgan fingerprint density at radius 3 is 2.32 bits per heavy atom. The number of amides is 1. The van der Waals surface area contributed by atoms with Crippen molar-refractivity contribution in [1.82, 2.24) is 9.59 Å². The monoisotopic (exact) mass is 481 g/mol. The Morgan fingerprint density at radius 1 is 1.00 bits per heavy atom. The van der Waals surface area contributed by atoms with Crippen molar-refractivity contribution in [1.29, 1.82) is 0 Å². The molecule has 0 fully saturated rings. The number of thiocarbonyl (C=S) groups is 1. The zero-order chi connectivity index (χ0) is 17.6. The molecule has 0 bridgehead atoms. The number of hydrogen-bond donors (Lipinski definition) is 3. The van der Waals surface area contributed by atoms with Crippen LogP contribution in [0.25, 0.3) is 0 Å². The van der Waals surface area contributed by atoms with Crippen LogP contribution in [0.5, 0.6) is 0 Å². The number of carbonyl (C=O) groups is 1. The van der Waals surface area contributed by atoms with Gasteiger partial charge in [-0.2, -0.15) is 0 Å². The van der Waals surface area contributed by atoms with Crippen molar-refractivity contribution in [3.63, 3.8) is 0 Å². The van der Waals surface area contributed by atoms with E-state index in [2.05, 4.69) is 48.1 Å². The highest BCUT2D eigenvalue weighted by atomic mass is 127. The standard InChI is InChI=1S/C16H12IN5OS2/c17-10-2-1-3-13(8-10)20-16(24)19-12-6-4-11(5-7-12)18-15(23)14-9-25-22-21-14/h1-9H,(H,18,23)(H2,19,20,24). The Morgan fingerprint density at radius 2 is 1.68 bits per heavy atom. The average Bonchev–Trinajstić information content (AvgIpc) is 3.11. The summed E-state index contributed by atoms with van der Waals surface area (Å²) in [5.41, 5.74) is 2.71. The smallest absolute Gasteiger partial charge is 0.277 e. The highest BCUT2D eigenvalue weighted by molar-refractivity contribution is 14.1. The van der Waals surface area contributed by atoms with Crippen LogP contribution < -0.4 is 16.0 Å². The van der Waals surface area contributed by atoms with Gasteiger partial charge in [0.2, 0.25) is 0 Å². The van der Waals surface area contributed by atoms with Crippen LogP contribution in [-0.2, 0) is 0 Å². The third kappa shape index (κ3) is 5.18. The van der Waals surface area contributed by atoms with Gasteiger partial charge in [-0.25, -0.2) is 0 Å². The fourth-order valence-electron chi connectivity index (χ4n) is 1.96. The summed E-state index contributed by atoms with van der Waals surface area (Å²) in [5.74, 6) is -0.287. The van der Waals surface area contributed by atoms with Gasteiger partial charge in [0.25, 0.3) is 5.91 Å². The molecule has 3 N–H and O–H groups in total. The minimum atomic E-state index is -0.287. The van der Waals surface area contributed by atoms with E-state index in [4.69, 9.17) is 12.2 Å². The first kappa shape index (κ1) is 17.7. The van der Waals surface area contributed by atoms with Gasteiger partial charge in [-0.1, -0.05) is 10.6 Å². The first-order valence-corrected chi connectivity index (χ1v) is 9.44. The van der Waals surface area contributed by atoms with Crippen LogP contribution in [0.2, 0.25) is 0 Å². The molecule has 0 aliphatic carbocycles. The fourth-order valence-corrected chi connectivity index (χ4v) is 3.17. The molecule has 0 spiro atoms. The molecule has 0 radical (unpaired) electrons. The number of nitrogens with one attached hydrogen (secondary N) is 3. The van der Waals surface area contributed by atoms with E-state index in [1.54, 1.807) is 17.5 Å². The van der Waals surface area contributed by atoms with Gasteiger partial charge in [-0.15, -0.1) is 5.10 Å². The van der Waals surface area contributed by atoms with E-state index in [9.17, 15) is 4.79 Å². The van der Waals surface area contributed by atoms with Crippen LogP contribution in [0.3, 0.4) is 0 Å². The molecule has 9 heteroatoms. The highest BCUT2D eigenvalue weighted by Gasteiger charge is 2.09. The predicted molar refractivity (Wildman–Crippen MR) is 113 cm³/mol. The molecular weight excluding hydrogens is 469 g/mol. The summed E-state index contributed by atoms with van der Waals surface area (Å²) < 4.78 is 4.80. The second-order valence-electron chi connectivity index (χ2n) is 4.91. The second-order valence-corrected chi connectivity index (χ2v) is 7.17. The fraction of sp³-hybridized carbons (Fsp3) is 0. The SMILES string of the molecule is O=C(Nc1ccc(NC(=S)Nc2cccc(I)c2)cc1)c1csnn1. The van der Waals surface area contributed by atoms with Gasteiger partial charge < -0.3 is 16.0 Å². The van der Waals surface area contributed by atoms with E-state index in [0.29, 0.717) is 16.5 Å². The summed E-state index contributed by atoms with van der Waals surface area (Å²) in [5, 5.41) is 14.8. The third-order valence-electron chi connectivity index (χ3n) is 3.08. The summed E-state index contributed by atoms with van der Waals surface area (Å²) >= 11 is 8.69. The Balaban J connectivity index is 1.57. The lowest BCUT2D eigenvalue weighted by Crippen LogP contribution is -2.19. The third-order valence-corrected chi connectivity index (χ3v) is 4.46. The van der Waals surface area contributed by atoms with E-state index in [0.717, 1.165) is 26.5 Å². The van der Waals surface area contributed by atoms with E-state index >= 15 is 0 Å². The number of aromatic nitrogens is 2. The Bertz CT molecular complexity index is 884. The quantitative estimate of drug-likeness (QED) is 0.383. The number of benzene rings is 2. The van der Waals surface area contributed by atoms with Crippen LogP contribution in [0.4, 0.5) is 17.1 Å². The summed E-state index contributed by atoms with van der Waals surface area (Å²) in [4.78, 5) is 11.9. The molecule has 1 heterocycles. The molecule has 0 atom stereocenters. The Hall–Kier alpha value is -2.11. The van der Waals surface area contributed by atoms with Crippen molar-refractivity contribution in [3.8, 4) is 0 Å². The first-order chi connectivity index (χ1) is 12.1. The number of nitrogens with zero attached hydrogens (tertiary/aromatic N) is 2. The van der Waals surface area contributed by atoms with E-state index in [1.807, 2.05) is 36.4 Å². The summed E-state index contributed by atoms with van der Waals surface area (Å²) in [6.45, 7) is 0. The van der Waals surface area contributed by atoms with Crippen molar-refractivity contribution >= 4 is 74.4 Å². The zero-order valence-corrected chi connectivity index (χ0v) is 16.5. The van der Waals surface area contributed by atoms with Crippen LogP contribution >= 0.6 is 46.3 Å². The van der Waals surface area contributed by atoms with Gasteiger partial charge in [0.1, 0.15) is 0 Å². The number of rotatable bonds is 4. The Labute approximate surface area is 167 Å². The molecule has 0 saturated heterocycles. The van der Waals surface area contributed by atoms with Crippen molar-refractivity contribution in [3.05, 3.63) is 63.2 Å². The van der Waals surface area contributed by atoms with Gasteiger partial charge >= 0.3 is 0 Å². The number of anilines is 3. The molecule has 0 aliphatic rings. The summed E-state index contributed by atoms with van der Waals surface area (Å²) in [6.07, 6.45) is 0. The van der Waals surface area contributed by atoms with Crippen LogP contribution in [-0.4, -0.2) is 20.6 Å². The molecule has 3 aromatic rings. The van der Waals surface area contributed by atoms with Crippen molar-refractivity contribution in [2.24, 2.45) is 0 Å². The zero-order valence-electron chi connectivity index (χ0n) is 12.7. The maximum Gasteiger partial charge on any atom is 0.277 e. The van der Waals surface area contributed by atoms with Crippen LogP contribution in [0.1, 0.15) is 10.5 Å². The highest BCUT2D eigenvalue weighted by Crippen LogP contribution is 2.16. The molecule has 0 unspecified atom stereocenters. The summed E-state index contributed by atoms with van der Waals surface area (Å²) in [6, 6.07) is 15.2. The van der Waals surface area contributed by atoms with Gasteiger partial charge in [0.15, 0.2) is 10.8 Å². The van der Waals surface area contributed by atoms with Crippen molar-refractivity contribution in [2.45, 2.75) is 0 Å². The maximum atomic E-state index is 11.9. The van der Waals surface area contributed by atoms with E-state index in [-0.39, 0.29) is 5.91 Å². The second kappa shape index (κ2) is 8.32. The van der Waals surface area contributed by atoms with Gasteiger partial charge in [0.05, 0.1) is 0 Å². The Kier molecular flexibility index (Phi) is 5.89. The van der Waals surface area contributed by atoms with Crippen molar-refractivity contribution in [2.75, 3.05) is 16.0 Å². The normalized spacial score (nSPS) is 10.1. The molecule has 0 aliphatic heterocycles. The largest absolute Gasteiger partial charge is 0.332 e. The van der Waals surface area contributed by atoms with Crippen LogP contribution in [0.15, 0.2) is 53.9 Å². The molecule has 0 saturated carbocycles. The minimum absolute atomic E-state index is 0.287. The lowest BCUT2D eigenvalue weighted by atomic mass is 10.2. The molecule has 25 heavy (non-hydrogen) atoms. The number of halogens is 1. The molecule has 2 aromatic carbocycles. The lowest BCUT2D eigenvalue weighted by Gasteiger charge is -2.11. The van der Waals surface area contributed by atoms with Gasteiger partial charge in [-0.05, 0) is 88.8 Å². The lowest BCUT2D eigenvalue weighted by molar-refractivity contribution is 0.102. The first-order valence-electron chi connectivity index (χ1n) is 7.12. The molecular formula is C16H12IN5OS2. The molecule has 6 nitrogen and oxygen atoms in total. The average molecular weight is 481 g/mol. The molecule has 1 amide bonds. The number of hydrogen-bond acceptors (Lipinski definition) is 5. The number of carbonyl (C=O) groups excluding carboxylic acids is 1. The summed E-state index contributed by atoms with van der Waals surface area (Å²) in [7, 11) is 0. The van der Waals surface area contributed by atoms with E-state index < -0.39 is 0 Å². The van der Waals surface area contributed by atoms with Gasteiger partial charge in [-0.3, -0.25) is 4.79 Å². The van der Waals surface area contributed by atoms with Gasteiger partial charge in [0, 0.05) is 26.0 Å². The molecule has 3 rings (SSSR count). The maximum absolute atomic E-state index is 11.9. The molecule has 126 valence electrons. The predicted octanol–water partition coefficient (Wildman–Crippen LogP) is 4.20.